The van der Waals surface area contributed by atoms with E-state index < -0.39 is 0 Å². The summed E-state index contributed by atoms with van der Waals surface area (Å²) in [7, 11) is 2.06. The maximum absolute atomic E-state index is 5.85. The van der Waals surface area contributed by atoms with E-state index in [-0.39, 0.29) is 0 Å². The molecule has 1 rings (SSSR count). The van der Waals surface area contributed by atoms with Crippen molar-refractivity contribution >= 4 is 27.5 Å². The minimum Gasteiger partial charge on any atom is -0.298 e. The maximum atomic E-state index is 5.85. The van der Waals surface area contributed by atoms with Crippen LogP contribution in [0.15, 0.2) is 35.3 Å². The molecule has 0 radical (unpaired) electrons. The van der Waals surface area contributed by atoms with Gasteiger partial charge in [0.25, 0.3) is 0 Å². The van der Waals surface area contributed by atoms with E-state index in [0.29, 0.717) is 0 Å². The lowest BCUT2D eigenvalue weighted by atomic mass is 10.2. The molecule has 0 aromatic heterocycles. The molecule has 1 aromatic rings. The molecule has 0 atom stereocenters. The Balaban J connectivity index is 2.71. The Morgan fingerprint density at radius 3 is 2.86 bits per heavy atom. The van der Waals surface area contributed by atoms with Gasteiger partial charge in [0.15, 0.2) is 0 Å². The number of halogens is 2. The highest BCUT2D eigenvalue weighted by atomic mass is 79.9. The molecule has 14 heavy (non-hydrogen) atoms. The molecule has 0 spiro atoms. The van der Waals surface area contributed by atoms with Gasteiger partial charge in [-0.25, -0.2) is 0 Å². The summed E-state index contributed by atoms with van der Waals surface area (Å²) in [6.07, 6.45) is 1.89. The van der Waals surface area contributed by atoms with Crippen molar-refractivity contribution in [2.75, 3.05) is 13.6 Å². The second kappa shape index (κ2) is 5.54. The zero-order valence-corrected chi connectivity index (χ0v) is 10.5. The fourth-order valence-electron chi connectivity index (χ4n) is 1.23. The summed E-state index contributed by atoms with van der Waals surface area (Å²) in [4.78, 5) is 2.18. The average Bonchev–Trinajstić information content (AvgIpc) is 2.10. The van der Waals surface area contributed by atoms with E-state index in [1.807, 2.05) is 24.3 Å². The normalized spacial score (nSPS) is 10.6. The van der Waals surface area contributed by atoms with Crippen LogP contribution in [0.4, 0.5) is 0 Å². The van der Waals surface area contributed by atoms with Crippen molar-refractivity contribution in [2.24, 2.45) is 0 Å². The van der Waals surface area contributed by atoms with Gasteiger partial charge in [-0.2, -0.15) is 0 Å². The van der Waals surface area contributed by atoms with E-state index in [1.54, 1.807) is 0 Å². The topological polar surface area (TPSA) is 3.24 Å². The summed E-state index contributed by atoms with van der Waals surface area (Å²) in [6, 6.07) is 5.86. The highest BCUT2D eigenvalue weighted by molar-refractivity contribution is 9.10. The van der Waals surface area contributed by atoms with Crippen LogP contribution in [0, 0.1) is 0 Å². The molecule has 0 saturated heterocycles. The number of benzene rings is 1. The van der Waals surface area contributed by atoms with Crippen LogP contribution >= 0.6 is 27.5 Å². The molecule has 0 fully saturated rings. The van der Waals surface area contributed by atoms with E-state index in [0.717, 1.165) is 22.6 Å². The van der Waals surface area contributed by atoms with Crippen LogP contribution in [0.2, 0.25) is 5.02 Å². The second-order valence-electron chi connectivity index (χ2n) is 3.22. The molecular weight excluding hydrogens is 261 g/mol. The summed E-state index contributed by atoms with van der Waals surface area (Å²) < 4.78 is 1.06. The van der Waals surface area contributed by atoms with Crippen molar-refractivity contribution in [1.82, 2.24) is 4.90 Å². The molecule has 0 amide bonds. The van der Waals surface area contributed by atoms with Gasteiger partial charge in [0, 0.05) is 22.6 Å². The van der Waals surface area contributed by atoms with E-state index in [4.69, 9.17) is 11.6 Å². The zero-order chi connectivity index (χ0) is 10.6. The highest BCUT2D eigenvalue weighted by Gasteiger charge is 2.03. The minimum absolute atomic E-state index is 0.756. The van der Waals surface area contributed by atoms with Crippen LogP contribution in [0.1, 0.15) is 5.56 Å². The van der Waals surface area contributed by atoms with Gasteiger partial charge in [0.1, 0.15) is 0 Å². The third-order valence-electron chi connectivity index (χ3n) is 1.90. The van der Waals surface area contributed by atoms with Gasteiger partial charge in [-0.05, 0) is 24.7 Å². The molecule has 76 valence electrons. The first kappa shape index (κ1) is 11.8. The molecule has 0 aliphatic carbocycles. The van der Waals surface area contributed by atoms with Gasteiger partial charge in [-0.3, -0.25) is 4.90 Å². The third-order valence-corrected chi connectivity index (χ3v) is 2.87. The lowest BCUT2D eigenvalue weighted by Crippen LogP contribution is -2.17. The van der Waals surface area contributed by atoms with Crippen molar-refractivity contribution in [2.45, 2.75) is 6.54 Å². The predicted molar refractivity (Wildman–Crippen MR) is 65.7 cm³/mol. The summed E-state index contributed by atoms with van der Waals surface area (Å²) >= 11 is 9.34. The van der Waals surface area contributed by atoms with Gasteiger partial charge in [-0.1, -0.05) is 39.7 Å². The summed E-state index contributed by atoms with van der Waals surface area (Å²) in [5.41, 5.74) is 1.23. The number of nitrogens with zero attached hydrogens (tertiary/aromatic N) is 1. The van der Waals surface area contributed by atoms with Crippen LogP contribution in [0.25, 0.3) is 0 Å². The molecular formula is C11H13BrClN. The van der Waals surface area contributed by atoms with Crippen LogP contribution in [0.5, 0.6) is 0 Å². The number of rotatable bonds is 4. The Morgan fingerprint density at radius 1 is 1.57 bits per heavy atom. The third kappa shape index (κ3) is 3.45. The average molecular weight is 275 g/mol. The molecule has 1 nitrogen and oxygen atoms in total. The van der Waals surface area contributed by atoms with Gasteiger partial charge in [0.2, 0.25) is 0 Å². The molecule has 0 heterocycles. The summed E-state index contributed by atoms with van der Waals surface area (Å²) in [5, 5.41) is 0.756. The van der Waals surface area contributed by atoms with Crippen molar-refractivity contribution in [3.8, 4) is 0 Å². The SMILES string of the molecule is C=CCN(C)Cc1ccc(Cl)cc1Br. The summed E-state index contributed by atoms with van der Waals surface area (Å²) in [6.45, 7) is 5.48. The second-order valence-corrected chi connectivity index (χ2v) is 4.51. The molecule has 0 N–H and O–H groups in total. The first-order chi connectivity index (χ1) is 6.63. The minimum atomic E-state index is 0.756. The Hall–Kier alpha value is -0.310. The monoisotopic (exact) mass is 273 g/mol. The Morgan fingerprint density at radius 2 is 2.29 bits per heavy atom. The summed E-state index contributed by atoms with van der Waals surface area (Å²) in [5.74, 6) is 0. The smallest absolute Gasteiger partial charge is 0.0417 e. The van der Waals surface area contributed by atoms with Crippen molar-refractivity contribution in [1.29, 1.82) is 0 Å². The lowest BCUT2D eigenvalue weighted by Gasteiger charge is -2.15. The van der Waals surface area contributed by atoms with E-state index in [1.165, 1.54) is 5.56 Å². The van der Waals surface area contributed by atoms with Crippen molar-refractivity contribution < 1.29 is 0 Å². The fraction of sp³-hybridized carbons (Fsp3) is 0.273. The number of hydrogen-bond donors (Lipinski definition) is 0. The van der Waals surface area contributed by atoms with Gasteiger partial charge < -0.3 is 0 Å². The van der Waals surface area contributed by atoms with E-state index >= 15 is 0 Å². The van der Waals surface area contributed by atoms with Crippen LogP contribution in [-0.2, 0) is 6.54 Å². The standard InChI is InChI=1S/C11H13BrClN/c1-3-6-14(2)8-9-4-5-10(13)7-11(9)12/h3-5,7H,1,6,8H2,2H3. The van der Waals surface area contributed by atoms with Crippen LogP contribution in [-0.4, -0.2) is 18.5 Å². The Kier molecular flexibility index (Phi) is 4.66. The molecule has 0 bridgehead atoms. The van der Waals surface area contributed by atoms with Crippen molar-refractivity contribution in [3.05, 3.63) is 45.9 Å². The van der Waals surface area contributed by atoms with E-state index in [2.05, 4.69) is 34.5 Å². The molecule has 1 aromatic carbocycles. The fourth-order valence-corrected chi connectivity index (χ4v) is 2.03. The number of likely N-dealkylation sites (N-methyl/N-ethyl adjacent to an activating group) is 1. The van der Waals surface area contributed by atoms with Gasteiger partial charge in [0.05, 0.1) is 0 Å². The highest BCUT2D eigenvalue weighted by Crippen LogP contribution is 2.22. The van der Waals surface area contributed by atoms with E-state index in [9.17, 15) is 0 Å². The van der Waals surface area contributed by atoms with Crippen LogP contribution in [0.3, 0.4) is 0 Å². The lowest BCUT2D eigenvalue weighted by molar-refractivity contribution is 0.363. The Labute approximate surface area is 98.5 Å². The largest absolute Gasteiger partial charge is 0.298 e. The molecule has 0 unspecified atom stereocenters. The molecule has 0 aliphatic rings. The quantitative estimate of drug-likeness (QED) is 0.757. The molecule has 3 heteroatoms. The van der Waals surface area contributed by atoms with Crippen LogP contribution < -0.4 is 0 Å². The molecule has 0 aliphatic heterocycles. The van der Waals surface area contributed by atoms with Gasteiger partial charge in [-0.15, -0.1) is 6.58 Å². The number of hydrogen-bond acceptors (Lipinski definition) is 1. The maximum Gasteiger partial charge on any atom is 0.0417 e. The first-order valence-electron chi connectivity index (χ1n) is 4.37. The Bertz CT molecular complexity index is 325. The predicted octanol–water partition coefficient (Wildman–Crippen LogP) is 3.72. The first-order valence-corrected chi connectivity index (χ1v) is 5.54. The van der Waals surface area contributed by atoms with Gasteiger partial charge >= 0.3 is 0 Å². The molecule has 0 saturated carbocycles. The zero-order valence-electron chi connectivity index (χ0n) is 8.13. The van der Waals surface area contributed by atoms with Crippen molar-refractivity contribution in [3.63, 3.8) is 0 Å².